The van der Waals surface area contributed by atoms with E-state index >= 15 is 0 Å². The Morgan fingerprint density at radius 2 is 1.94 bits per heavy atom. The van der Waals surface area contributed by atoms with E-state index in [-0.39, 0.29) is 5.75 Å². The first-order valence-corrected chi connectivity index (χ1v) is 5.14. The summed E-state index contributed by atoms with van der Waals surface area (Å²) < 4.78 is 0. The van der Waals surface area contributed by atoms with Crippen LogP contribution in [0.4, 0.5) is 0 Å². The summed E-state index contributed by atoms with van der Waals surface area (Å²) in [6.45, 7) is 1.26. The molecule has 0 radical (unpaired) electrons. The molecule has 16 heavy (non-hydrogen) atoms. The van der Waals surface area contributed by atoms with Crippen LogP contribution >= 0.6 is 0 Å². The van der Waals surface area contributed by atoms with Crippen molar-refractivity contribution >= 4 is 11.5 Å². The number of aliphatic carboxylic acids is 1. The number of hydrogen-bond donors (Lipinski definition) is 3. The first-order valence-electron chi connectivity index (χ1n) is 5.14. The largest absolute Gasteiger partial charge is 0.508 e. The predicted octanol–water partition coefficient (Wildman–Crippen LogP) is 1.22. The van der Waals surface area contributed by atoms with Crippen LogP contribution < -0.4 is 5.32 Å². The molecular weight excluding hydrogens is 206 g/mol. The maximum Gasteiger partial charge on any atom is 0.331 e. The fraction of sp³-hybridized carbons (Fsp3) is 0.250. The summed E-state index contributed by atoms with van der Waals surface area (Å²) in [6.07, 6.45) is 0.533. The lowest BCUT2D eigenvalue weighted by molar-refractivity contribution is -0.132. The quantitative estimate of drug-likeness (QED) is 0.699. The van der Waals surface area contributed by atoms with Crippen molar-refractivity contribution in [3.63, 3.8) is 0 Å². The van der Waals surface area contributed by atoms with Crippen molar-refractivity contribution in [2.24, 2.45) is 0 Å². The minimum absolute atomic E-state index is 0.185. The number of benzene rings is 1. The lowest BCUT2D eigenvalue weighted by Crippen LogP contribution is -2.27. The highest BCUT2D eigenvalue weighted by atomic mass is 16.4. The number of phenols is 1. The number of nitrogens with one attached hydrogen (secondary N) is 1. The summed E-state index contributed by atoms with van der Waals surface area (Å²) in [5, 5.41) is 21.4. The molecule has 4 nitrogen and oxygen atoms in total. The van der Waals surface area contributed by atoms with Crippen molar-refractivity contribution in [3.05, 3.63) is 35.4 Å². The molecule has 1 aromatic carbocycles. The van der Waals surface area contributed by atoms with Crippen LogP contribution in [0.15, 0.2) is 29.8 Å². The lowest BCUT2D eigenvalue weighted by Gasteiger charge is -2.19. The number of hydrogen-bond acceptors (Lipinski definition) is 3. The Kier molecular flexibility index (Phi) is 2.92. The Hall–Kier alpha value is -1.81. The molecule has 0 fully saturated rings. The van der Waals surface area contributed by atoms with Crippen LogP contribution in [0.2, 0.25) is 0 Å². The third-order valence-corrected chi connectivity index (χ3v) is 2.69. The van der Waals surface area contributed by atoms with Gasteiger partial charge in [0.1, 0.15) is 5.75 Å². The van der Waals surface area contributed by atoms with E-state index in [1.807, 2.05) is 0 Å². The molecule has 0 aliphatic carbocycles. The summed E-state index contributed by atoms with van der Waals surface area (Å²) in [5.41, 5.74) is 2.12. The Bertz CT molecular complexity index is 434. The van der Waals surface area contributed by atoms with Gasteiger partial charge in [0, 0.05) is 12.1 Å². The molecule has 0 bridgehead atoms. The number of aromatic hydroxyl groups is 1. The average molecular weight is 219 g/mol. The number of carboxylic acids is 1. The van der Waals surface area contributed by atoms with Gasteiger partial charge in [-0.25, -0.2) is 4.79 Å². The molecule has 0 spiro atoms. The molecular formula is C12H13NO3. The first-order chi connectivity index (χ1) is 7.68. The molecule has 0 unspecified atom stereocenters. The summed E-state index contributed by atoms with van der Waals surface area (Å²) in [7, 11) is 0. The van der Waals surface area contributed by atoms with Gasteiger partial charge in [-0.2, -0.15) is 0 Å². The van der Waals surface area contributed by atoms with Crippen molar-refractivity contribution in [2.75, 3.05) is 13.1 Å². The first kappa shape index (κ1) is 10.7. The number of phenolic OH excluding ortho intramolecular Hbond substituents is 1. The fourth-order valence-electron chi connectivity index (χ4n) is 1.86. The highest BCUT2D eigenvalue weighted by molar-refractivity contribution is 5.97. The fourth-order valence-corrected chi connectivity index (χ4v) is 1.86. The maximum absolute atomic E-state index is 11.1. The molecule has 1 aromatic rings. The Labute approximate surface area is 93.2 Å². The van der Waals surface area contributed by atoms with Gasteiger partial charge in [0.2, 0.25) is 0 Å². The van der Waals surface area contributed by atoms with Crippen molar-refractivity contribution in [1.29, 1.82) is 0 Å². The van der Waals surface area contributed by atoms with E-state index in [2.05, 4.69) is 5.32 Å². The van der Waals surface area contributed by atoms with E-state index < -0.39 is 5.97 Å². The van der Waals surface area contributed by atoms with Crippen LogP contribution in [-0.4, -0.2) is 29.3 Å². The van der Waals surface area contributed by atoms with E-state index in [1.54, 1.807) is 24.3 Å². The van der Waals surface area contributed by atoms with Gasteiger partial charge in [-0.15, -0.1) is 0 Å². The van der Waals surface area contributed by atoms with Crippen molar-refractivity contribution in [1.82, 2.24) is 5.32 Å². The Balaban J connectivity index is 2.43. The number of carbonyl (C=O) groups is 1. The van der Waals surface area contributed by atoms with E-state index in [0.717, 1.165) is 11.1 Å². The standard InChI is InChI=1S/C12H13NO3/c14-9-3-1-8(2-4-9)11-7-13-6-5-10(11)12(15)16/h1-4,13-14H,5-7H2,(H,15,16). The smallest absolute Gasteiger partial charge is 0.331 e. The predicted molar refractivity (Wildman–Crippen MR) is 60.1 cm³/mol. The van der Waals surface area contributed by atoms with Gasteiger partial charge in [-0.05, 0) is 36.2 Å². The second-order valence-corrected chi connectivity index (χ2v) is 3.74. The van der Waals surface area contributed by atoms with E-state index in [0.29, 0.717) is 25.1 Å². The van der Waals surface area contributed by atoms with Crippen molar-refractivity contribution < 1.29 is 15.0 Å². The topological polar surface area (TPSA) is 69.6 Å². The Morgan fingerprint density at radius 3 is 2.56 bits per heavy atom. The molecule has 0 saturated carbocycles. The molecule has 1 aliphatic rings. The monoisotopic (exact) mass is 219 g/mol. The molecule has 2 rings (SSSR count). The van der Waals surface area contributed by atoms with Gasteiger partial charge < -0.3 is 15.5 Å². The second kappa shape index (κ2) is 4.37. The summed E-state index contributed by atoms with van der Waals surface area (Å²) in [5.74, 6) is -0.672. The third-order valence-electron chi connectivity index (χ3n) is 2.69. The van der Waals surface area contributed by atoms with Crippen molar-refractivity contribution in [2.45, 2.75) is 6.42 Å². The van der Waals surface area contributed by atoms with Gasteiger partial charge in [-0.1, -0.05) is 12.1 Å². The highest BCUT2D eigenvalue weighted by Crippen LogP contribution is 2.24. The average Bonchev–Trinajstić information content (AvgIpc) is 2.30. The highest BCUT2D eigenvalue weighted by Gasteiger charge is 2.18. The van der Waals surface area contributed by atoms with Crippen LogP contribution in [0.3, 0.4) is 0 Å². The molecule has 84 valence electrons. The third kappa shape index (κ3) is 2.06. The van der Waals surface area contributed by atoms with Crippen LogP contribution in [-0.2, 0) is 4.79 Å². The van der Waals surface area contributed by atoms with Gasteiger partial charge in [0.05, 0.1) is 0 Å². The van der Waals surface area contributed by atoms with Crippen LogP contribution in [0.1, 0.15) is 12.0 Å². The van der Waals surface area contributed by atoms with E-state index in [1.165, 1.54) is 0 Å². The Morgan fingerprint density at radius 1 is 1.25 bits per heavy atom. The number of rotatable bonds is 2. The molecule has 1 aliphatic heterocycles. The van der Waals surface area contributed by atoms with E-state index in [4.69, 9.17) is 5.11 Å². The van der Waals surface area contributed by atoms with Gasteiger partial charge in [-0.3, -0.25) is 0 Å². The second-order valence-electron chi connectivity index (χ2n) is 3.74. The van der Waals surface area contributed by atoms with E-state index in [9.17, 15) is 9.90 Å². The van der Waals surface area contributed by atoms with Gasteiger partial charge in [0.15, 0.2) is 0 Å². The maximum atomic E-state index is 11.1. The zero-order chi connectivity index (χ0) is 11.5. The molecule has 4 heteroatoms. The summed E-state index contributed by atoms with van der Waals surface area (Å²) in [6, 6.07) is 6.61. The zero-order valence-electron chi connectivity index (χ0n) is 8.73. The SMILES string of the molecule is O=C(O)C1=C(c2ccc(O)cc2)CNCC1. The molecule has 1 heterocycles. The molecule has 0 aromatic heterocycles. The van der Waals surface area contributed by atoms with Crippen LogP contribution in [0, 0.1) is 0 Å². The summed E-state index contributed by atoms with van der Waals surface area (Å²) in [4.78, 5) is 11.1. The zero-order valence-corrected chi connectivity index (χ0v) is 8.73. The number of carboxylic acid groups (broad SMARTS) is 1. The molecule has 0 amide bonds. The normalized spacial score (nSPS) is 16.2. The van der Waals surface area contributed by atoms with Crippen LogP contribution in [0.25, 0.3) is 5.57 Å². The molecule has 0 saturated heterocycles. The molecule has 3 N–H and O–H groups in total. The van der Waals surface area contributed by atoms with Crippen LogP contribution in [0.5, 0.6) is 5.75 Å². The molecule has 0 atom stereocenters. The minimum atomic E-state index is -0.857. The van der Waals surface area contributed by atoms with Gasteiger partial charge >= 0.3 is 5.97 Å². The lowest BCUT2D eigenvalue weighted by atomic mass is 9.95. The van der Waals surface area contributed by atoms with Gasteiger partial charge in [0.25, 0.3) is 0 Å². The summed E-state index contributed by atoms with van der Waals surface area (Å²) >= 11 is 0. The minimum Gasteiger partial charge on any atom is -0.508 e. The van der Waals surface area contributed by atoms with Crippen molar-refractivity contribution in [3.8, 4) is 5.75 Å².